The first-order chi connectivity index (χ1) is 6.36. The van der Waals surface area contributed by atoms with E-state index >= 15 is 0 Å². The van der Waals surface area contributed by atoms with Crippen LogP contribution in [0.25, 0.3) is 0 Å². The average Bonchev–Trinajstić information content (AvgIpc) is 2.54. The Morgan fingerprint density at radius 1 is 1.23 bits per heavy atom. The van der Waals surface area contributed by atoms with E-state index in [1.807, 2.05) is 12.2 Å². The second kappa shape index (κ2) is 4.15. The molecule has 1 heteroatoms. The molecular weight excluding hydrogens is 180 g/mol. The van der Waals surface area contributed by atoms with Gasteiger partial charge in [0.1, 0.15) is 0 Å². The molecular formula is C12H15Cl. The second-order valence-electron chi connectivity index (χ2n) is 3.89. The molecule has 0 aromatic heterocycles. The van der Waals surface area contributed by atoms with Gasteiger partial charge in [0.15, 0.2) is 0 Å². The Bertz CT molecular complexity index is 265. The summed E-state index contributed by atoms with van der Waals surface area (Å²) in [5.41, 5.74) is 1.23. The van der Waals surface area contributed by atoms with E-state index < -0.39 is 0 Å². The molecule has 2 rings (SSSR count). The smallest absolute Gasteiger partial charge is 0.0475 e. The average molecular weight is 195 g/mol. The molecule has 0 aromatic rings. The first kappa shape index (κ1) is 9.08. The fourth-order valence-electron chi connectivity index (χ4n) is 2.10. The molecule has 0 spiro atoms. The Labute approximate surface area is 85.0 Å². The van der Waals surface area contributed by atoms with Crippen LogP contribution in [0.1, 0.15) is 32.1 Å². The second-order valence-corrected chi connectivity index (χ2v) is 4.30. The highest BCUT2D eigenvalue weighted by Gasteiger charge is 2.12. The van der Waals surface area contributed by atoms with Crippen LogP contribution in [0.3, 0.4) is 0 Å². The van der Waals surface area contributed by atoms with E-state index in [-0.39, 0.29) is 0 Å². The molecule has 0 atom stereocenters. The Kier molecular flexibility index (Phi) is 2.90. The summed E-state index contributed by atoms with van der Waals surface area (Å²) < 4.78 is 0. The molecule has 0 aliphatic heterocycles. The summed E-state index contributed by atoms with van der Waals surface area (Å²) >= 11 is 6.03. The van der Waals surface area contributed by atoms with Crippen molar-refractivity contribution in [3.8, 4) is 0 Å². The van der Waals surface area contributed by atoms with E-state index in [4.69, 9.17) is 11.6 Å². The molecule has 0 N–H and O–H groups in total. The van der Waals surface area contributed by atoms with E-state index in [1.165, 1.54) is 37.7 Å². The predicted molar refractivity (Wildman–Crippen MR) is 57.7 cm³/mol. The summed E-state index contributed by atoms with van der Waals surface area (Å²) in [5, 5.41) is 0.908. The van der Waals surface area contributed by atoms with Gasteiger partial charge in [-0.2, -0.15) is 0 Å². The number of hydrogen-bond donors (Lipinski definition) is 0. The lowest BCUT2D eigenvalue weighted by atomic mass is 9.88. The van der Waals surface area contributed by atoms with Crippen LogP contribution in [0.15, 0.2) is 34.9 Å². The molecule has 0 bridgehead atoms. The van der Waals surface area contributed by atoms with Crippen molar-refractivity contribution in [1.82, 2.24) is 0 Å². The standard InChI is InChI=1S/C12H15Cl/c13-12-8-4-7-11(12)9-10-5-2-1-3-6-10/h4,7-10H,1-3,5-6H2. The Morgan fingerprint density at radius 3 is 2.62 bits per heavy atom. The van der Waals surface area contributed by atoms with Gasteiger partial charge in [0.05, 0.1) is 0 Å². The molecule has 13 heavy (non-hydrogen) atoms. The van der Waals surface area contributed by atoms with Crippen molar-refractivity contribution in [3.05, 3.63) is 34.9 Å². The molecule has 0 saturated heterocycles. The van der Waals surface area contributed by atoms with Gasteiger partial charge >= 0.3 is 0 Å². The molecule has 0 aromatic carbocycles. The van der Waals surface area contributed by atoms with E-state index in [2.05, 4.69) is 12.2 Å². The minimum absolute atomic E-state index is 0.772. The molecule has 0 amide bonds. The van der Waals surface area contributed by atoms with E-state index in [1.54, 1.807) is 0 Å². The quantitative estimate of drug-likeness (QED) is 0.588. The Morgan fingerprint density at radius 2 is 2.00 bits per heavy atom. The number of allylic oxidation sites excluding steroid dienone is 6. The molecule has 1 saturated carbocycles. The number of rotatable bonds is 1. The van der Waals surface area contributed by atoms with E-state index in [0.29, 0.717) is 0 Å². The maximum atomic E-state index is 6.03. The van der Waals surface area contributed by atoms with Gasteiger partial charge in [0.2, 0.25) is 0 Å². The maximum absolute atomic E-state index is 6.03. The van der Waals surface area contributed by atoms with Crippen LogP contribution in [-0.2, 0) is 0 Å². The number of halogens is 1. The van der Waals surface area contributed by atoms with Crippen molar-refractivity contribution in [1.29, 1.82) is 0 Å². The largest absolute Gasteiger partial charge is 0.0837 e. The third-order valence-electron chi connectivity index (χ3n) is 2.86. The van der Waals surface area contributed by atoms with Crippen LogP contribution in [0.2, 0.25) is 0 Å². The van der Waals surface area contributed by atoms with Gasteiger partial charge in [-0.25, -0.2) is 0 Å². The molecule has 0 radical (unpaired) electrons. The van der Waals surface area contributed by atoms with Gasteiger partial charge in [-0.05, 0) is 30.4 Å². The fraction of sp³-hybridized carbons (Fsp3) is 0.500. The van der Waals surface area contributed by atoms with E-state index in [9.17, 15) is 0 Å². The highest BCUT2D eigenvalue weighted by Crippen LogP contribution is 2.29. The zero-order valence-electron chi connectivity index (χ0n) is 7.80. The van der Waals surface area contributed by atoms with Gasteiger partial charge < -0.3 is 0 Å². The van der Waals surface area contributed by atoms with Crippen LogP contribution < -0.4 is 0 Å². The minimum Gasteiger partial charge on any atom is -0.0837 e. The minimum atomic E-state index is 0.772. The lowest BCUT2D eigenvalue weighted by Gasteiger charge is -2.18. The molecule has 0 nitrogen and oxygen atoms in total. The molecule has 0 heterocycles. The van der Waals surface area contributed by atoms with Crippen molar-refractivity contribution in [2.24, 2.45) is 5.92 Å². The van der Waals surface area contributed by atoms with Gasteiger partial charge in [-0.15, -0.1) is 0 Å². The predicted octanol–water partition coefficient (Wildman–Crippen LogP) is 4.19. The molecule has 0 unspecified atom stereocenters. The van der Waals surface area contributed by atoms with Crippen molar-refractivity contribution in [2.45, 2.75) is 32.1 Å². The zero-order valence-corrected chi connectivity index (χ0v) is 8.56. The van der Waals surface area contributed by atoms with Crippen LogP contribution >= 0.6 is 11.6 Å². The summed E-state index contributed by atoms with van der Waals surface area (Å²) in [4.78, 5) is 0. The van der Waals surface area contributed by atoms with Crippen molar-refractivity contribution in [3.63, 3.8) is 0 Å². The van der Waals surface area contributed by atoms with Crippen LogP contribution in [0, 0.1) is 5.92 Å². The lowest BCUT2D eigenvalue weighted by molar-refractivity contribution is 0.418. The van der Waals surface area contributed by atoms with Crippen LogP contribution in [0.4, 0.5) is 0 Å². The summed E-state index contributed by atoms with van der Waals surface area (Å²) in [5.74, 6) is 0.772. The monoisotopic (exact) mass is 194 g/mol. The third-order valence-corrected chi connectivity index (χ3v) is 3.20. The highest BCUT2D eigenvalue weighted by atomic mass is 35.5. The Balaban J connectivity index is 2.02. The summed E-state index contributed by atoms with van der Waals surface area (Å²) in [6.45, 7) is 0. The van der Waals surface area contributed by atoms with Crippen LogP contribution in [0.5, 0.6) is 0 Å². The van der Waals surface area contributed by atoms with Gasteiger partial charge in [0, 0.05) is 5.03 Å². The first-order valence-electron chi connectivity index (χ1n) is 5.12. The van der Waals surface area contributed by atoms with Gasteiger partial charge in [-0.1, -0.05) is 49.1 Å². The molecule has 70 valence electrons. The Hall–Kier alpha value is -0.490. The normalized spacial score (nSPS) is 26.8. The first-order valence-corrected chi connectivity index (χ1v) is 5.50. The molecule has 1 fully saturated rings. The molecule has 2 aliphatic rings. The topological polar surface area (TPSA) is 0 Å². The van der Waals surface area contributed by atoms with Gasteiger partial charge in [-0.3, -0.25) is 0 Å². The summed E-state index contributed by atoms with van der Waals surface area (Å²) in [6.07, 6.45) is 15.3. The third kappa shape index (κ3) is 2.25. The maximum Gasteiger partial charge on any atom is 0.0475 e. The fourth-order valence-corrected chi connectivity index (χ4v) is 2.30. The highest BCUT2D eigenvalue weighted by molar-refractivity contribution is 6.32. The molecule has 2 aliphatic carbocycles. The van der Waals surface area contributed by atoms with Crippen molar-refractivity contribution >= 4 is 11.6 Å². The zero-order chi connectivity index (χ0) is 9.10. The number of hydrogen-bond acceptors (Lipinski definition) is 0. The SMILES string of the molecule is ClC1=CC=CC1=CC1CCCCC1. The van der Waals surface area contributed by atoms with Gasteiger partial charge in [0.25, 0.3) is 0 Å². The van der Waals surface area contributed by atoms with E-state index in [0.717, 1.165) is 11.0 Å². The van der Waals surface area contributed by atoms with Crippen molar-refractivity contribution < 1.29 is 0 Å². The van der Waals surface area contributed by atoms with Crippen LogP contribution in [-0.4, -0.2) is 0 Å². The summed E-state index contributed by atoms with van der Waals surface area (Å²) in [6, 6.07) is 0. The lowest BCUT2D eigenvalue weighted by Crippen LogP contribution is -2.03. The van der Waals surface area contributed by atoms with Crippen molar-refractivity contribution in [2.75, 3.05) is 0 Å². The summed E-state index contributed by atoms with van der Waals surface area (Å²) in [7, 11) is 0.